The fourth-order valence-electron chi connectivity index (χ4n) is 1.76. The first-order valence-corrected chi connectivity index (χ1v) is 5.65. The van der Waals surface area contributed by atoms with E-state index in [0.717, 1.165) is 18.2 Å². The second-order valence-corrected chi connectivity index (χ2v) is 4.08. The topological polar surface area (TPSA) is 93.5 Å². The Balaban J connectivity index is 2.06. The number of amides is 2. The molecule has 1 saturated heterocycles. The fraction of sp³-hybridized carbons (Fsp3) is 0.364. The number of benzene rings is 1. The number of ether oxygens (including phenoxy) is 1. The van der Waals surface area contributed by atoms with E-state index in [1.165, 1.54) is 0 Å². The van der Waals surface area contributed by atoms with Crippen molar-refractivity contribution in [1.29, 1.82) is 0 Å². The van der Waals surface area contributed by atoms with Crippen LogP contribution in [0.5, 0.6) is 0 Å². The second kappa shape index (κ2) is 5.61. The number of anilines is 1. The highest BCUT2D eigenvalue weighted by Crippen LogP contribution is 2.24. The van der Waals surface area contributed by atoms with Gasteiger partial charge in [0.1, 0.15) is 11.5 Å². The molecule has 2 amide bonds. The molecule has 1 aromatic rings. The lowest BCUT2D eigenvalue weighted by Crippen LogP contribution is -2.38. The lowest BCUT2D eigenvalue weighted by Gasteiger charge is -2.12. The molecule has 0 saturated carbocycles. The van der Waals surface area contributed by atoms with E-state index in [4.69, 9.17) is 4.74 Å². The number of halogens is 1. The largest absolute Gasteiger partial charge is 0.379 e. The molecule has 1 aliphatic heterocycles. The van der Waals surface area contributed by atoms with Crippen LogP contribution in [0.15, 0.2) is 18.2 Å². The number of nitro groups is 1. The number of hydrogen-bond donors (Lipinski definition) is 2. The Kier molecular flexibility index (Phi) is 3.91. The van der Waals surface area contributed by atoms with Gasteiger partial charge in [0.2, 0.25) is 0 Å². The van der Waals surface area contributed by atoms with E-state index in [1.807, 2.05) is 0 Å². The molecule has 2 N–H and O–H groups in total. The number of rotatable bonds is 3. The highest BCUT2D eigenvalue weighted by atomic mass is 19.1. The van der Waals surface area contributed by atoms with Crippen molar-refractivity contribution >= 4 is 17.4 Å². The number of nitro benzene ring substituents is 1. The number of carbonyl (C=O) groups excluding carboxylic acids is 1. The van der Waals surface area contributed by atoms with Crippen molar-refractivity contribution in [3.8, 4) is 0 Å². The number of hydrogen-bond acceptors (Lipinski definition) is 4. The van der Waals surface area contributed by atoms with Gasteiger partial charge < -0.3 is 15.4 Å². The molecule has 0 bridgehead atoms. The third kappa shape index (κ3) is 3.38. The predicted molar refractivity (Wildman–Crippen MR) is 64.4 cm³/mol. The highest BCUT2D eigenvalue weighted by molar-refractivity contribution is 5.91. The molecule has 8 heteroatoms. The minimum atomic E-state index is -0.687. The smallest absolute Gasteiger partial charge is 0.319 e. The van der Waals surface area contributed by atoms with Gasteiger partial charge in [-0.05, 0) is 12.5 Å². The van der Waals surface area contributed by atoms with Crippen molar-refractivity contribution in [1.82, 2.24) is 5.32 Å². The van der Waals surface area contributed by atoms with Crippen LogP contribution in [0, 0.1) is 15.9 Å². The van der Waals surface area contributed by atoms with Crippen LogP contribution in [-0.2, 0) is 4.74 Å². The number of urea groups is 1. The van der Waals surface area contributed by atoms with Crippen LogP contribution in [0.3, 0.4) is 0 Å². The Morgan fingerprint density at radius 3 is 2.95 bits per heavy atom. The summed E-state index contributed by atoms with van der Waals surface area (Å²) in [6.45, 7) is 0.962. The Bertz CT molecular complexity index is 503. The van der Waals surface area contributed by atoms with Gasteiger partial charge in [0, 0.05) is 18.7 Å². The molecular formula is C11H12FN3O4. The Labute approximate surface area is 107 Å². The van der Waals surface area contributed by atoms with Gasteiger partial charge in [-0.15, -0.1) is 0 Å². The Hall–Kier alpha value is -2.22. The molecule has 0 aliphatic carbocycles. The van der Waals surface area contributed by atoms with E-state index in [-0.39, 0.29) is 17.4 Å². The Morgan fingerprint density at radius 2 is 2.32 bits per heavy atom. The molecule has 19 heavy (non-hydrogen) atoms. The summed E-state index contributed by atoms with van der Waals surface area (Å²) < 4.78 is 18.1. The first-order chi connectivity index (χ1) is 9.06. The maximum atomic E-state index is 13.1. The van der Waals surface area contributed by atoms with Gasteiger partial charge in [-0.3, -0.25) is 10.1 Å². The standard InChI is InChI=1S/C11H12FN3O4/c12-7-1-2-10(15(17)18)9(5-7)14-11(16)13-8-3-4-19-6-8/h1-2,5,8H,3-4,6H2,(H2,13,14,16). The average molecular weight is 269 g/mol. The quantitative estimate of drug-likeness (QED) is 0.644. The summed E-state index contributed by atoms with van der Waals surface area (Å²) in [5.41, 5.74) is -0.541. The van der Waals surface area contributed by atoms with Gasteiger partial charge in [-0.2, -0.15) is 0 Å². The molecule has 2 rings (SSSR count). The SMILES string of the molecule is O=C(Nc1cc(F)ccc1[N+](=O)[O-])NC1CCOC1. The molecule has 1 aliphatic rings. The van der Waals surface area contributed by atoms with Crippen LogP contribution in [0.25, 0.3) is 0 Å². The molecule has 1 aromatic carbocycles. The zero-order valence-electron chi connectivity index (χ0n) is 9.89. The third-order valence-electron chi connectivity index (χ3n) is 2.67. The Morgan fingerprint density at radius 1 is 1.53 bits per heavy atom. The molecule has 1 unspecified atom stereocenters. The summed E-state index contributed by atoms with van der Waals surface area (Å²) >= 11 is 0. The van der Waals surface area contributed by atoms with E-state index in [0.29, 0.717) is 19.6 Å². The van der Waals surface area contributed by atoms with Crippen molar-refractivity contribution in [2.45, 2.75) is 12.5 Å². The van der Waals surface area contributed by atoms with Gasteiger partial charge in [0.05, 0.1) is 17.6 Å². The molecule has 0 radical (unpaired) electrons. The zero-order chi connectivity index (χ0) is 13.8. The normalized spacial score (nSPS) is 18.1. The average Bonchev–Trinajstić information content (AvgIpc) is 2.81. The molecule has 1 heterocycles. The summed E-state index contributed by atoms with van der Waals surface area (Å²) in [6, 6.07) is 2.12. The van der Waals surface area contributed by atoms with Crippen molar-refractivity contribution in [2.75, 3.05) is 18.5 Å². The summed E-state index contributed by atoms with van der Waals surface area (Å²) in [5, 5.41) is 15.6. The first kappa shape index (κ1) is 13.2. The predicted octanol–water partition coefficient (Wildman–Crippen LogP) is 1.64. The van der Waals surface area contributed by atoms with Crippen LogP contribution >= 0.6 is 0 Å². The number of nitrogens with one attached hydrogen (secondary N) is 2. The lowest BCUT2D eigenvalue weighted by molar-refractivity contribution is -0.384. The van der Waals surface area contributed by atoms with Gasteiger partial charge in [-0.25, -0.2) is 9.18 Å². The van der Waals surface area contributed by atoms with E-state index in [2.05, 4.69) is 10.6 Å². The first-order valence-electron chi connectivity index (χ1n) is 5.65. The van der Waals surface area contributed by atoms with Crippen LogP contribution in [0.4, 0.5) is 20.6 Å². The van der Waals surface area contributed by atoms with Crippen molar-refractivity contribution in [3.63, 3.8) is 0 Å². The summed E-state index contributed by atoms with van der Waals surface area (Å²) in [6.07, 6.45) is 0.679. The maximum Gasteiger partial charge on any atom is 0.319 e. The molecule has 102 valence electrons. The molecule has 1 fully saturated rings. The van der Waals surface area contributed by atoms with Gasteiger partial charge in [0.15, 0.2) is 0 Å². The van der Waals surface area contributed by atoms with E-state index < -0.39 is 16.8 Å². The lowest BCUT2D eigenvalue weighted by atomic mass is 10.2. The minimum absolute atomic E-state index is 0.132. The highest BCUT2D eigenvalue weighted by Gasteiger charge is 2.20. The third-order valence-corrected chi connectivity index (χ3v) is 2.67. The fourth-order valence-corrected chi connectivity index (χ4v) is 1.76. The molecule has 7 nitrogen and oxygen atoms in total. The second-order valence-electron chi connectivity index (χ2n) is 4.08. The van der Waals surface area contributed by atoms with Gasteiger partial charge >= 0.3 is 6.03 Å². The van der Waals surface area contributed by atoms with Crippen LogP contribution < -0.4 is 10.6 Å². The van der Waals surface area contributed by atoms with Gasteiger partial charge in [0.25, 0.3) is 5.69 Å². The molecule has 0 spiro atoms. The maximum absolute atomic E-state index is 13.1. The zero-order valence-corrected chi connectivity index (χ0v) is 9.89. The van der Waals surface area contributed by atoms with Crippen molar-refractivity contribution in [2.24, 2.45) is 0 Å². The van der Waals surface area contributed by atoms with E-state index in [1.54, 1.807) is 0 Å². The number of nitrogens with zero attached hydrogens (tertiary/aromatic N) is 1. The van der Waals surface area contributed by atoms with Crippen molar-refractivity contribution < 1.29 is 18.8 Å². The molecule has 0 aromatic heterocycles. The minimum Gasteiger partial charge on any atom is -0.379 e. The van der Waals surface area contributed by atoms with Crippen molar-refractivity contribution in [3.05, 3.63) is 34.1 Å². The monoisotopic (exact) mass is 269 g/mol. The van der Waals surface area contributed by atoms with Crippen LogP contribution in [0.1, 0.15) is 6.42 Å². The summed E-state index contributed by atoms with van der Waals surface area (Å²) in [7, 11) is 0. The van der Waals surface area contributed by atoms with Crippen LogP contribution in [-0.4, -0.2) is 30.2 Å². The van der Waals surface area contributed by atoms with E-state index >= 15 is 0 Å². The molecular weight excluding hydrogens is 257 g/mol. The number of carbonyl (C=O) groups is 1. The van der Waals surface area contributed by atoms with Crippen LogP contribution in [0.2, 0.25) is 0 Å². The summed E-state index contributed by atoms with van der Waals surface area (Å²) in [5.74, 6) is -0.662. The van der Waals surface area contributed by atoms with E-state index in [9.17, 15) is 19.3 Å². The summed E-state index contributed by atoms with van der Waals surface area (Å²) in [4.78, 5) is 21.7. The molecule has 1 atom stereocenters. The van der Waals surface area contributed by atoms with Gasteiger partial charge in [-0.1, -0.05) is 0 Å².